The van der Waals surface area contributed by atoms with Crippen molar-refractivity contribution in [3.05, 3.63) is 65.7 Å². The van der Waals surface area contributed by atoms with Crippen LogP contribution >= 0.6 is 0 Å². The van der Waals surface area contributed by atoms with Gasteiger partial charge >= 0.3 is 6.18 Å². The first-order valence-corrected chi connectivity index (χ1v) is 10.4. The molecule has 0 spiro atoms. The quantitative estimate of drug-likeness (QED) is 0.651. The fourth-order valence-corrected chi connectivity index (χ4v) is 4.87. The summed E-state index contributed by atoms with van der Waals surface area (Å²) in [6.45, 7) is 2.56. The summed E-state index contributed by atoms with van der Waals surface area (Å²) in [5.74, 6) is -3.81. The molecule has 0 heterocycles. The summed E-state index contributed by atoms with van der Waals surface area (Å²) < 4.78 is 82.5. The number of hydrogen-bond acceptors (Lipinski definition) is 4. The van der Waals surface area contributed by atoms with Crippen molar-refractivity contribution >= 4 is 9.84 Å². The van der Waals surface area contributed by atoms with Gasteiger partial charge in [0.1, 0.15) is 6.10 Å². The van der Waals surface area contributed by atoms with Crippen LogP contribution in [0.5, 0.6) is 0 Å². The maximum Gasteiger partial charge on any atom is 0.425 e. The monoisotopic (exact) mass is 434 g/mol. The van der Waals surface area contributed by atoms with E-state index in [2.05, 4.69) is 0 Å². The predicted molar refractivity (Wildman–Crippen MR) is 99.7 cm³/mol. The number of halogens is 4. The van der Waals surface area contributed by atoms with Crippen LogP contribution in [0.15, 0.2) is 59.5 Å². The highest BCUT2D eigenvalue weighted by Crippen LogP contribution is 2.50. The Balaban J connectivity index is 2.54. The Labute approximate surface area is 166 Å². The number of sulfone groups is 1. The van der Waals surface area contributed by atoms with Crippen molar-refractivity contribution in [3.8, 4) is 0 Å². The third-order valence-electron chi connectivity index (χ3n) is 4.85. The molecule has 0 amide bonds. The van der Waals surface area contributed by atoms with Crippen molar-refractivity contribution in [1.29, 1.82) is 0 Å². The second kappa shape index (κ2) is 8.41. The molecule has 0 aliphatic heterocycles. The molecule has 0 aromatic heterocycles. The Bertz CT molecular complexity index is 912. The summed E-state index contributed by atoms with van der Waals surface area (Å²) >= 11 is 0. The molecule has 9 heteroatoms. The molecule has 2 aromatic rings. The summed E-state index contributed by atoms with van der Waals surface area (Å²) in [5, 5.41) is 20.2. The number of aliphatic hydroxyl groups is 2. The van der Waals surface area contributed by atoms with Crippen molar-refractivity contribution < 1.29 is 36.2 Å². The first-order valence-electron chi connectivity index (χ1n) is 8.77. The lowest BCUT2D eigenvalue weighted by Gasteiger charge is -2.40. The lowest BCUT2D eigenvalue weighted by Crippen LogP contribution is -2.57. The maximum atomic E-state index is 15.6. The fourth-order valence-electron chi connectivity index (χ4n) is 3.14. The zero-order valence-corrected chi connectivity index (χ0v) is 16.6. The molecule has 4 atom stereocenters. The zero-order chi connectivity index (χ0) is 22.0. The first-order chi connectivity index (χ1) is 13.3. The van der Waals surface area contributed by atoms with Crippen LogP contribution in [0.25, 0.3) is 0 Å². The lowest BCUT2D eigenvalue weighted by atomic mass is 9.79. The Morgan fingerprint density at radius 3 is 1.90 bits per heavy atom. The summed E-state index contributed by atoms with van der Waals surface area (Å²) in [6, 6.07) is 11.6. The smallest absolute Gasteiger partial charge is 0.393 e. The van der Waals surface area contributed by atoms with E-state index in [0.717, 1.165) is 24.6 Å². The molecular weight excluding hydrogens is 412 g/mol. The lowest BCUT2D eigenvalue weighted by molar-refractivity contribution is -0.286. The van der Waals surface area contributed by atoms with Gasteiger partial charge in [0.15, 0.2) is 9.84 Å². The van der Waals surface area contributed by atoms with Crippen molar-refractivity contribution in [1.82, 2.24) is 0 Å². The zero-order valence-electron chi connectivity index (χ0n) is 15.8. The highest BCUT2D eigenvalue weighted by Gasteiger charge is 2.66. The number of benzene rings is 2. The molecular formula is C20H22F4O4S. The number of aliphatic hydroxyl groups excluding tert-OH is 2. The average molecular weight is 434 g/mol. The summed E-state index contributed by atoms with van der Waals surface area (Å²) in [5.41, 5.74) is -4.06. The minimum absolute atomic E-state index is 0.299. The van der Waals surface area contributed by atoms with Crippen LogP contribution in [0.1, 0.15) is 24.2 Å². The summed E-state index contributed by atoms with van der Waals surface area (Å²) in [6.07, 6.45) is -10.4. The van der Waals surface area contributed by atoms with Crippen molar-refractivity contribution in [3.63, 3.8) is 0 Å². The van der Waals surface area contributed by atoms with Crippen LogP contribution in [-0.2, 0) is 9.84 Å². The number of hydrogen-bond donors (Lipinski definition) is 2. The maximum absolute atomic E-state index is 15.6. The molecule has 4 nitrogen and oxygen atoms in total. The van der Waals surface area contributed by atoms with E-state index in [1.807, 2.05) is 0 Å². The Morgan fingerprint density at radius 1 is 0.931 bits per heavy atom. The van der Waals surface area contributed by atoms with Crippen LogP contribution in [0.4, 0.5) is 17.6 Å². The minimum atomic E-state index is -5.65. The van der Waals surface area contributed by atoms with Gasteiger partial charge in [0.05, 0.1) is 16.8 Å². The van der Waals surface area contributed by atoms with Gasteiger partial charge in [-0.15, -0.1) is 0 Å². The third kappa shape index (κ3) is 4.79. The second-order valence-corrected chi connectivity index (χ2v) is 9.05. The van der Waals surface area contributed by atoms with E-state index in [1.54, 1.807) is 6.92 Å². The average Bonchev–Trinajstić information content (AvgIpc) is 2.65. The van der Waals surface area contributed by atoms with E-state index in [4.69, 9.17) is 0 Å². The molecule has 0 unspecified atom stereocenters. The topological polar surface area (TPSA) is 74.6 Å². The summed E-state index contributed by atoms with van der Waals surface area (Å²) in [7, 11) is -4.39. The number of rotatable bonds is 7. The molecule has 160 valence electrons. The largest absolute Gasteiger partial charge is 0.425 e. The van der Waals surface area contributed by atoms with Gasteiger partial charge in [-0.3, -0.25) is 0 Å². The van der Waals surface area contributed by atoms with E-state index in [1.165, 1.54) is 42.5 Å². The first kappa shape index (κ1) is 23.3. The van der Waals surface area contributed by atoms with E-state index in [-0.39, 0.29) is 10.5 Å². The number of alkyl halides is 4. The summed E-state index contributed by atoms with van der Waals surface area (Å²) in [4.78, 5) is -0.299. The van der Waals surface area contributed by atoms with E-state index >= 15 is 4.39 Å². The number of aryl methyl sites for hydroxylation is 1. The Morgan fingerprint density at radius 2 is 1.45 bits per heavy atom. The van der Waals surface area contributed by atoms with Gasteiger partial charge in [0, 0.05) is 5.92 Å². The van der Waals surface area contributed by atoms with Gasteiger partial charge in [0.2, 0.25) is 5.67 Å². The SMILES string of the molecule is Cc1ccc(S(=O)(=O)C[C@@H]([C@H](C)O)[C@@](F)([C@@H](O)c2ccccc2)C(F)(F)F)cc1. The molecule has 0 bridgehead atoms. The van der Waals surface area contributed by atoms with E-state index < -0.39 is 45.6 Å². The van der Waals surface area contributed by atoms with Gasteiger partial charge in [-0.25, -0.2) is 12.8 Å². The van der Waals surface area contributed by atoms with Crippen LogP contribution in [-0.4, -0.2) is 42.3 Å². The molecule has 0 saturated heterocycles. The normalized spacial score (nSPS) is 17.9. The molecule has 0 fully saturated rings. The Kier molecular flexibility index (Phi) is 6.76. The van der Waals surface area contributed by atoms with Gasteiger partial charge in [0.25, 0.3) is 0 Å². The molecule has 0 aliphatic rings. The highest BCUT2D eigenvalue weighted by atomic mass is 32.2. The molecule has 2 aromatic carbocycles. The third-order valence-corrected chi connectivity index (χ3v) is 6.64. The van der Waals surface area contributed by atoms with E-state index in [9.17, 15) is 31.8 Å². The highest BCUT2D eigenvalue weighted by molar-refractivity contribution is 7.91. The minimum Gasteiger partial charge on any atom is -0.393 e. The second-order valence-electron chi connectivity index (χ2n) is 7.02. The predicted octanol–water partition coefficient (Wildman–Crippen LogP) is 3.77. The van der Waals surface area contributed by atoms with Gasteiger partial charge in [-0.1, -0.05) is 48.0 Å². The van der Waals surface area contributed by atoms with Gasteiger partial charge in [-0.2, -0.15) is 13.2 Å². The van der Waals surface area contributed by atoms with Crippen molar-refractivity contribution in [2.45, 2.75) is 42.8 Å². The molecule has 0 saturated carbocycles. The molecule has 2 N–H and O–H groups in total. The van der Waals surface area contributed by atoms with Crippen molar-refractivity contribution in [2.75, 3.05) is 5.75 Å². The molecule has 29 heavy (non-hydrogen) atoms. The van der Waals surface area contributed by atoms with Gasteiger partial charge in [-0.05, 0) is 31.5 Å². The van der Waals surface area contributed by atoms with Crippen LogP contribution in [0.3, 0.4) is 0 Å². The molecule has 0 radical (unpaired) electrons. The van der Waals surface area contributed by atoms with E-state index in [0.29, 0.717) is 0 Å². The molecule has 2 rings (SSSR count). The standard InChI is InChI=1S/C20H22F4O4S/c1-13-8-10-16(11-9-13)29(27,28)12-17(14(2)25)19(21,20(22,23)24)18(26)15-6-4-3-5-7-15/h3-11,14,17-18,25-26H,12H2,1-2H3/t14-,17-,18-,19+/m0/s1. The van der Waals surface area contributed by atoms with Crippen LogP contribution in [0.2, 0.25) is 0 Å². The van der Waals surface area contributed by atoms with Gasteiger partial charge < -0.3 is 10.2 Å². The molecule has 0 aliphatic carbocycles. The fraction of sp³-hybridized carbons (Fsp3) is 0.400. The van der Waals surface area contributed by atoms with Crippen LogP contribution < -0.4 is 0 Å². The van der Waals surface area contributed by atoms with Crippen molar-refractivity contribution in [2.24, 2.45) is 5.92 Å². The van der Waals surface area contributed by atoms with Crippen LogP contribution in [0, 0.1) is 12.8 Å². The Hall–Kier alpha value is -1.97.